The van der Waals surface area contributed by atoms with Crippen LogP contribution < -0.4 is 20.3 Å². The van der Waals surface area contributed by atoms with Gasteiger partial charge in [0.05, 0.1) is 34.9 Å². The number of benzene rings is 2. The molecule has 0 spiro atoms. The van der Waals surface area contributed by atoms with Gasteiger partial charge in [-0.05, 0) is 75.2 Å². The Morgan fingerprint density at radius 1 is 1.14 bits per heavy atom. The molecule has 2 aliphatic rings. The Hall–Kier alpha value is -3.91. The lowest BCUT2D eigenvalue weighted by molar-refractivity contribution is -0.123. The number of carbonyl (C=O) groups excluding carboxylic acids is 2. The van der Waals surface area contributed by atoms with Crippen molar-refractivity contribution in [2.24, 2.45) is 4.99 Å². The van der Waals surface area contributed by atoms with Crippen LogP contribution >= 0.6 is 23.5 Å². The van der Waals surface area contributed by atoms with Crippen molar-refractivity contribution in [1.82, 2.24) is 9.80 Å². The van der Waals surface area contributed by atoms with Crippen LogP contribution in [0.25, 0.3) is 0 Å². The van der Waals surface area contributed by atoms with E-state index in [4.69, 9.17) is 18.9 Å². The number of nitrogens with one attached hydrogen (secondary N) is 2. The van der Waals surface area contributed by atoms with Gasteiger partial charge in [-0.15, -0.1) is 0 Å². The molecule has 3 aromatic rings. The molecule has 0 aliphatic carbocycles. The van der Waals surface area contributed by atoms with Gasteiger partial charge in [-0.25, -0.2) is 4.99 Å². The van der Waals surface area contributed by atoms with Gasteiger partial charge in [-0.1, -0.05) is 11.8 Å². The van der Waals surface area contributed by atoms with Crippen molar-refractivity contribution in [3.63, 3.8) is 0 Å². The SMILES string of the molecule is CCNc1ccc(NC(=O)COC)cc1N=C1S/C(=C2\Sc3ccc(OCCN(C)C)cc3N2C)C(=O)N1Cc1ccco1. The van der Waals surface area contributed by atoms with Crippen molar-refractivity contribution in [1.29, 1.82) is 0 Å². The molecule has 2 N–H and O–H groups in total. The summed E-state index contributed by atoms with van der Waals surface area (Å²) < 4.78 is 16.5. The molecule has 1 aromatic heterocycles. The molecule has 0 atom stereocenters. The molecule has 2 aliphatic heterocycles. The zero-order valence-electron chi connectivity index (χ0n) is 25.4. The second kappa shape index (κ2) is 14.2. The third-order valence-electron chi connectivity index (χ3n) is 6.70. The number of methoxy groups -OCH3 is 1. The Morgan fingerprint density at radius 3 is 2.70 bits per heavy atom. The minimum absolute atomic E-state index is 0.0612. The van der Waals surface area contributed by atoms with Gasteiger partial charge in [0, 0.05) is 43.9 Å². The lowest BCUT2D eigenvalue weighted by Crippen LogP contribution is -2.29. The summed E-state index contributed by atoms with van der Waals surface area (Å²) in [5, 5.41) is 7.48. The highest BCUT2D eigenvalue weighted by Gasteiger charge is 2.40. The summed E-state index contributed by atoms with van der Waals surface area (Å²) in [5.74, 6) is 0.987. The fourth-order valence-electron chi connectivity index (χ4n) is 4.55. The standard InChI is InChI=1S/C31H36N6O5S2/c1-6-32-23-11-9-20(33-27(38)19-40-5)16-24(23)34-31-37(18-22-8-7-14-41-22)29(39)28(44-31)30-36(4)25-17-21(10-12-26(25)43-30)42-15-13-35(2)3/h7-12,14,16-17,32H,6,13,15,18-19H2,1-5H3,(H,33,38)/b30-28-,34-31?. The van der Waals surface area contributed by atoms with Crippen LogP contribution in [0.1, 0.15) is 12.7 Å². The molecule has 13 heteroatoms. The highest BCUT2D eigenvalue weighted by Crippen LogP contribution is 2.51. The number of hydrogen-bond acceptors (Lipinski definition) is 11. The van der Waals surface area contributed by atoms with Crippen LogP contribution in [-0.4, -0.2) is 81.3 Å². The van der Waals surface area contributed by atoms with E-state index in [1.165, 1.54) is 18.9 Å². The molecule has 2 aromatic carbocycles. The third-order valence-corrected chi connectivity index (χ3v) is 9.13. The minimum Gasteiger partial charge on any atom is -0.492 e. The van der Waals surface area contributed by atoms with Gasteiger partial charge in [-0.2, -0.15) is 0 Å². The zero-order chi connectivity index (χ0) is 31.2. The van der Waals surface area contributed by atoms with Crippen molar-refractivity contribution in [2.45, 2.75) is 18.4 Å². The van der Waals surface area contributed by atoms with Gasteiger partial charge in [0.2, 0.25) is 5.91 Å². The molecular weight excluding hydrogens is 601 g/mol. The summed E-state index contributed by atoms with van der Waals surface area (Å²) in [6.45, 7) is 4.22. The van der Waals surface area contributed by atoms with E-state index in [0.717, 1.165) is 33.6 Å². The van der Waals surface area contributed by atoms with Crippen molar-refractivity contribution < 1.29 is 23.5 Å². The van der Waals surface area contributed by atoms with E-state index in [1.54, 1.807) is 41.1 Å². The molecule has 0 radical (unpaired) electrons. The molecule has 3 heterocycles. The van der Waals surface area contributed by atoms with Crippen LogP contribution in [0.3, 0.4) is 0 Å². The summed E-state index contributed by atoms with van der Waals surface area (Å²) >= 11 is 2.87. The summed E-state index contributed by atoms with van der Waals surface area (Å²) in [6.07, 6.45) is 1.59. The topological polar surface area (TPSA) is 112 Å². The van der Waals surface area contributed by atoms with Gasteiger partial charge in [0.1, 0.15) is 29.6 Å². The monoisotopic (exact) mass is 636 g/mol. The lowest BCUT2D eigenvalue weighted by atomic mass is 10.2. The Kier molecular flexibility index (Phi) is 10.2. The fourth-order valence-corrected chi connectivity index (χ4v) is 6.87. The Morgan fingerprint density at radius 2 is 1.98 bits per heavy atom. The molecule has 2 amide bonds. The molecular formula is C31H36N6O5S2. The number of furan rings is 1. The number of thioether (sulfide) groups is 2. The number of aliphatic imine (C=N–C) groups is 1. The van der Waals surface area contributed by atoms with Crippen LogP contribution in [-0.2, 0) is 20.9 Å². The first-order chi connectivity index (χ1) is 21.3. The van der Waals surface area contributed by atoms with E-state index in [-0.39, 0.29) is 25.0 Å². The summed E-state index contributed by atoms with van der Waals surface area (Å²) in [7, 11) is 7.45. The van der Waals surface area contributed by atoms with Gasteiger partial charge in [-0.3, -0.25) is 14.5 Å². The number of amides is 2. The number of rotatable bonds is 12. The zero-order valence-corrected chi connectivity index (χ0v) is 27.0. The van der Waals surface area contributed by atoms with E-state index >= 15 is 0 Å². The fraction of sp³-hybridized carbons (Fsp3) is 0.323. The van der Waals surface area contributed by atoms with E-state index < -0.39 is 0 Å². The van der Waals surface area contributed by atoms with E-state index in [2.05, 4.69) is 15.5 Å². The highest BCUT2D eigenvalue weighted by molar-refractivity contribution is 8.19. The van der Waals surface area contributed by atoms with Gasteiger partial charge in [0.15, 0.2) is 5.17 Å². The first-order valence-electron chi connectivity index (χ1n) is 14.1. The number of nitrogens with zero attached hydrogens (tertiary/aromatic N) is 4. The molecule has 0 bridgehead atoms. The highest BCUT2D eigenvalue weighted by atomic mass is 32.2. The first kappa shape index (κ1) is 31.5. The second-order valence-electron chi connectivity index (χ2n) is 10.3. The number of hydrogen-bond donors (Lipinski definition) is 2. The van der Waals surface area contributed by atoms with Crippen LogP contribution in [0.2, 0.25) is 0 Å². The molecule has 232 valence electrons. The lowest BCUT2D eigenvalue weighted by Gasteiger charge is -2.17. The molecule has 1 saturated heterocycles. The number of carbonyl (C=O) groups is 2. The first-order valence-corrected chi connectivity index (χ1v) is 15.8. The molecule has 0 saturated carbocycles. The van der Waals surface area contributed by atoms with Crippen molar-refractivity contribution in [3.8, 4) is 5.75 Å². The Bertz CT molecular complexity index is 1570. The minimum atomic E-state index is -0.272. The van der Waals surface area contributed by atoms with Gasteiger partial charge < -0.3 is 34.3 Å². The molecule has 11 nitrogen and oxygen atoms in total. The van der Waals surface area contributed by atoms with Crippen LogP contribution in [0.4, 0.5) is 22.7 Å². The second-order valence-corrected chi connectivity index (χ2v) is 12.3. The van der Waals surface area contributed by atoms with Crippen LogP contribution in [0.5, 0.6) is 5.75 Å². The number of likely N-dealkylation sites (N-methyl/N-ethyl adjacent to an activating group) is 1. The quantitative estimate of drug-likeness (QED) is 0.250. The van der Waals surface area contributed by atoms with E-state index in [0.29, 0.717) is 40.4 Å². The van der Waals surface area contributed by atoms with Gasteiger partial charge >= 0.3 is 0 Å². The summed E-state index contributed by atoms with van der Waals surface area (Å²) in [4.78, 5) is 38.6. The third kappa shape index (κ3) is 7.24. The molecule has 1 fully saturated rings. The predicted molar refractivity (Wildman–Crippen MR) is 177 cm³/mol. The maximum absolute atomic E-state index is 14.1. The van der Waals surface area contributed by atoms with E-state index in [9.17, 15) is 9.59 Å². The van der Waals surface area contributed by atoms with Crippen LogP contribution in [0, 0.1) is 0 Å². The molecule has 5 rings (SSSR count). The summed E-state index contributed by atoms with van der Waals surface area (Å²) in [6, 6.07) is 15.1. The maximum Gasteiger partial charge on any atom is 0.269 e. The largest absolute Gasteiger partial charge is 0.492 e. The Balaban J connectivity index is 1.49. The smallest absolute Gasteiger partial charge is 0.269 e. The van der Waals surface area contributed by atoms with Crippen LogP contribution in [0.15, 0.2) is 79.0 Å². The maximum atomic E-state index is 14.1. The molecule has 44 heavy (non-hydrogen) atoms. The van der Waals surface area contributed by atoms with E-state index in [1.807, 2.05) is 63.3 Å². The number of ether oxygens (including phenoxy) is 2. The normalized spacial score (nSPS) is 17.1. The predicted octanol–water partition coefficient (Wildman–Crippen LogP) is 5.41. The summed E-state index contributed by atoms with van der Waals surface area (Å²) in [5.41, 5.74) is 2.91. The van der Waals surface area contributed by atoms with Gasteiger partial charge in [0.25, 0.3) is 5.91 Å². The number of anilines is 3. The van der Waals surface area contributed by atoms with Crippen molar-refractivity contribution >= 4 is 63.3 Å². The Labute approximate surface area is 265 Å². The van der Waals surface area contributed by atoms with Crippen molar-refractivity contribution in [2.75, 3.05) is 70.1 Å². The van der Waals surface area contributed by atoms with Crippen molar-refractivity contribution in [3.05, 3.63) is 70.5 Å². The average Bonchev–Trinajstić information content (AvgIpc) is 3.70. The molecule has 0 unspecified atom stereocenters. The number of amidine groups is 1. The average molecular weight is 637 g/mol. The number of fused-ring (bicyclic) bond motifs is 1.